The highest BCUT2D eigenvalue weighted by Crippen LogP contribution is 2.24. The standard InChI is InChI=1S/C26H26FN5O2/c1-17(18-2-5-21(27)6-3-18)31-25(33)13-22-12-20-15-30-26(23(20)16-28-22)19-4-7-24(29-14-19)32-8-10-34-11-9-32/h2-7,12,14,16-17H,8-11,13,15H2,1H3,(H,31,33)/t17-/m1/s1. The summed E-state index contributed by atoms with van der Waals surface area (Å²) < 4.78 is 18.5. The van der Waals surface area contributed by atoms with Crippen molar-refractivity contribution in [3.8, 4) is 0 Å². The topological polar surface area (TPSA) is 79.7 Å². The van der Waals surface area contributed by atoms with Gasteiger partial charge in [-0.3, -0.25) is 14.8 Å². The number of hydrogen-bond acceptors (Lipinski definition) is 6. The molecule has 3 aromatic rings. The first-order valence-electron chi connectivity index (χ1n) is 11.4. The van der Waals surface area contributed by atoms with E-state index in [0.29, 0.717) is 12.2 Å². The fraction of sp³-hybridized carbons (Fsp3) is 0.308. The molecule has 1 aromatic carbocycles. The summed E-state index contributed by atoms with van der Waals surface area (Å²) in [6.45, 7) is 5.57. The molecule has 0 bridgehead atoms. The molecule has 8 heteroatoms. The number of carbonyl (C=O) groups is 1. The third-order valence-electron chi connectivity index (χ3n) is 6.15. The molecule has 2 aromatic heterocycles. The van der Waals surface area contributed by atoms with Crippen LogP contribution >= 0.6 is 0 Å². The Hall–Kier alpha value is -3.65. The van der Waals surface area contributed by atoms with E-state index in [1.807, 2.05) is 31.3 Å². The van der Waals surface area contributed by atoms with Crippen LogP contribution in [0.15, 0.2) is 59.9 Å². The largest absolute Gasteiger partial charge is 0.378 e. The van der Waals surface area contributed by atoms with Crippen LogP contribution in [0.25, 0.3) is 0 Å². The van der Waals surface area contributed by atoms with Crippen LogP contribution in [0.3, 0.4) is 0 Å². The lowest BCUT2D eigenvalue weighted by Gasteiger charge is -2.27. The van der Waals surface area contributed by atoms with Crippen molar-refractivity contribution < 1.29 is 13.9 Å². The molecule has 0 spiro atoms. The minimum Gasteiger partial charge on any atom is -0.378 e. The van der Waals surface area contributed by atoms with Crippen molar-refractivity contribution in [3.63, 3.8) is 0 Å². The Labute approximate surface area is 197 Å². The number of rotatable bonds is 6. The number of hydrogen-bond donors (Lipinski definition) is 1. The second-order valence-electron chi connectivity index (χ2n) is 8.52. The maximum atomic E-state index is 13.1. The molecule has 4 heterocycles. The minimum absolute atomic E-state index is 0.133. The molecule has 174 valence electrons. The molecule has 1 atom stereocenters. The summed E-state index contributed by atoms with van der Waals surface area (Å²) in [5, 5.41) is 2.95. The highest BCUT2D eigenvalue weighted by Gasteiger charge is 2.21. The van der Waals surface area contributed by atoms with Gasteiger partial charge in [-0.2, -0.15) is 0 Å². The molecule has 0 aliphatic carbocycles. The van der Waals surface area contributed by atoms with Gasteiger partial charge in [0, 0.05) is 36.6 Å². The smallest absolute Gasteiger partial charge is 0.226 e. The molecule has 2 aliphatic rings. The summed E-state index contributed by atoms with van der Waals surface area (Å²) in [6, 6.07) is 11.9. The van der Waals surface area contributed by atoms with E-state index in [0.717, 1.165) is 60.1 Å². The summed E-state index contributed by atoms with van der Waals surface area (Å²) in [4.78, 5) is 28.6. The second-order valence-corrected chi connectivity index (χ2v) is 8.52. The third kappa shape index (κ3) is 4.82. The Morgan fingerprint density at radius 3 is 2.65 bits per heavy atom. The average molecular weight is 460 g/mol. The van der Waals surface area contributed by atoms with Crippen molar-refractivity contribution in [1.82, 2.24) is 15.3 Å². The molecule has 1 saturated heterocycles. The van der Waals surface area contributed by atoms with Crippen molar-refractivity contribution in [2.45, 2.75) is 25.9 Å². The highest BCUT2D eigenvalue weighted by atomic mass is 19.1. The molecule has 34 heavy (non-hydrogen) atoms. The average Bonchev–Trinajstić information content (AvgIpc) is 3.28. The zero-order valence-corrected chi connectivity index (χ0v) is 19.0. The lowest BCUT2D eigenvalue weighted by molar-refractivity contribution is -0.121. The number of anilines is 1. The number of nitrogens with zero attached hydrogens (tertiary/aromatic N) is 4. The van der Waals surface area contributed by atoms with Gasteiger partial charge in [0.1, 0.15) is 11.6 Å². The SMILES string of the molecule is C[C@@H](NC(=O)Cc1cc2c(cn1)C(c1ccc(N3CCOCC3)nc1)=NC2)c1ccc(F)cc1. The Kier molecular flexibility index (Phi) is 6.31. The number of halogens is 1. The predicted molar refractivity (Wildman–Crippen MR) is 128 cm³/mol. The number of fused-ring (bicyclic) bond motifs is 1. The number of amides is 1. The summed E-state index contributed by atoms with van der Waals surface area (Å²) in [5.74, 6) is 0.515. The van der Waals surface area contributed by atoms with Crippen LogP contribution in [0.1, 0.15) is 40.9 Å². The summed E-state index contributed by atoms with van der Waals surface area (Å²) >= 11 is 0. The van der Waals surface area contributed by atoms with Gasteiger partial charge in [-0.1, -0.05) is 12.1 Å². The fourth-order valence-electron chi connectivity index (χ4n) is 4.28. The first kappa shape index (κ1) is 22.2. The number of benzene rings is 1. The van der Waals surface area contributed by atoms with E-state index in [2.05, 4.69) is 20.2 Å². The van der Waals surface area contributed by atoms with Crippen molar-refractivity contribution in [3.05, 3.63) is 88.6 Å². The van der Waals surface area contributed by atoms with Crippen LogP contribution in [0.5, 0.6) is 0 Å². The Morgan fingerprint density at radius 1 is 1.12 bits per heavy atom. The number of carbonyl (C=O) groups excluding carboxylic acids is 1. The van der Waals surface area contributed by atoms with Crippen molar-refractivity contribution in [1.29, 1.82) is 0 Å². The maximum absolute atomic E-state index is 13.1. The predicted octanol–water partition coefficient (Wildman–Crippen LogP) is 3.22. The van der Waals surface area contributed by atoms with Crippen LogP contribution in [0.2, 0.25) is 0 Å². The molecular weight excluding hydrogens is 433 g/mol. The maximum Gasteiger partial charge on any atom is 0.226 e. The first-order chi connectivity index (χ1) is 16.6. The van der Waals surface area contributed by atoms with E-state index in [1.54, 1.807) is 18.3 Å². The molecule has 1 fully saturated rings. The van der Waals surface area contributed by atoms with E-state index in [4.69, 9.17) is 9.73 Å². The number of aliphatic imine (C=N–C) groups is 1. The van der Waals surface area contributed by atoms with Gasteiger partial charge in [-0.05, 0) is 48.4 Å². The number of ether oxygens (including phenoxy) is 1. The summed E-state index contributed by atoms with van der Waals surface area (Å²) in [5.41, 5.74) is 5.41. The number of nitrogens with one attached hydrogen (secondary N) is 1. The first-order valence-corrected chi connectivity index (χ1v) is 11.4. The summed E-state index contributed by atoms with van der Waals surface area (Å²) in [6.07, 6.45) is 3.82. The van der Waals surface area contributed by atoms with E-state index in [9.17, 15) is 9.18 Å². The van der Waals surface area contributed by atoms with E-state index in [1.165, 1.54) is 12.1 Å². The number of pyridine rings is 2. The van der Waals surface area contributed by atoms with Crippen LogP contribution in [0, 0.1) is 5.82 Å². The lowest BCUT2D eigenvalue weighted by atomic mass is 10.0. The third-order valence-corrected chi connectivity index (χ3v) is 6.15. The zero-order chi connectivity index (χ0) is 23.5. The van der Waals surface area contributed by atoms with E-state index >= 15 is 0 Å². The lowest BCUT2D eigenvalue weighted by Crippen LogP contribution is -2.36. The van der Waals surface area contributed by atoms with Gasteiger partial charge in [0.2, 0.25) is 5.91 Å². The van der Waals surface area contributed by atoms with Gasteiger partial charge in [0.15, 0.2) is 0 Å². The van der Waals surface area contributed by atoms with Crippen molar-refractivity contribution in [2.75, 3.05) is 31.2 Å². The number of aromatic nitrogens is 2. The molecule has 7 nitrogen and oxygen atoms in total. The molecule has 0 unspecified atom stereocenters. The molecular formula is C26H26FN5O2. The van der Waals surface area contributed by atoms with Crippen LogP contribution in [-0.2, 0) is 22.5 Å². The Morgan fingerprint density at radius 2 is 1.91 bits per heavy atom. The van der Waals surface area contributed by atoms with Crippen molar-refractivity contribution in [2.24, 2.45) is 4.99 Å². The van der Waals surface area contributed by atoms with Gasteiger partial charge in [-0.25, -0.2) is 9.37 Å². The van der Waals surface area contributed by atoms with E-state index in [-0.39, 0.29) is 24.2 Å². The van der Waals surface area contributed by atoms with Gasteiger partial charge < -0.3 is 15.0 Å². The van der Waals surface area contributed by atoms with Crippen LogP contribution in [0.4, 0.5) is 10.2 Å². The van der Waals surface area contributed by atoms with Gasteiger partial charge in [0.05, 0.1) is 43.6 Å². The normalized spacial score (nSPS) is 16.1. The highest BCUT2D eigenvalue weighted by molar-refractivity contribution is 6.14. The molecule has 2 aliphatic heterocycles. The Balaban J connectivity index is 1.23. The second kappa shape index (κ2) is 9.69. The molecule has 1 N–H and O–H groups in total. The fourth-order valence-corrected chi connectivity index (χ4v) is 4.28. The molecule has 1 amide bonds. The van der Waals surface area contributed by atoms with E-state index < -0.39 is 0 Å². The van der Waals surface area contributed by atoms with Gasteiger partial charge in [0.25, 0.3) is 0 Å². The zero-order valence-electron chi connectivity index (χ0n) is 19.0. The number of morpholine rings is 1. The molecule has 0 radical (unpaired) electrons. The van der Waals surface area contributed by atoms with Gasteiger partial charge >= 0.3 is 0 Å². The summed E-state index contributed by atoms with van der Waals surface area (Å²) in [7, 11) is 0. The van der Waals surface area contributed by atoms with Crippen LogP contribution < -0.4 is 10.2 Å². The molecule has 0 saturated carbocycles. The molecule has 5 rings (SSSR count). The Bertz CT molecular complexity index is 1200. The quantitative estimate of drug-likeness (QED) is 0.612. The van der Waals surface area contributed by atoms with Crippen LogP contribution in [-0.4, -0.2) is 47.9 Å². The minimum atomic E-state index is -0.296. The van der Waals surface area contributed by atoms with Gasteiger partial charge in [-0.15, -0.1) is 0 Å². The van der Waals surface area contributed by atoms with Crippen molar-refractivity contribution >= 4 is 17.4 Å². The monoisotopic (exact) mass is 459 g/mol.